The summed E-state index contributed by atoms with van der Waals surface area (Å²) < 4.78 is 10.4. The third-order valence-electron chi connectivity index (χ3n) is 1.05. The van der Waals surface area contributed by atoms with Crippen LogP contribution in [0.3, 0.4) is 0 Å². The summed E-state index contributed by atoms with van der Waals surface area (Å²) in [7, 11) is 0. The summed E-state index contributed by atoms with van der Waals surface area (Å²) >= 11 is 1.70. The molecule has 8 heavy (non-hydrogen) atoms. The molecule has 0 aromatic rings. The quantitative estimate of drug-likeness (QED) is 0.526. The fourth-order valence-electron chi connectivity index (χ4n) is 0.602. The van der Waals surface area contributed by atoms with Gasteiger partial charge in [-0.1, -0.05) is 0 Å². The predicted octanol–water partition coefficient (Wildman–Crippen LogP) is 0.722. The number of rotatable bonds is 1. The van der Waals surface area contributed by atoms with E-state index >= 15 is 0 Å². The Morgan fingerprint density at radius 1 is 1.50 bits per heavy atom. The zero-order chi connectivity index (χ0) is 5.82. The number of ether oxygens (including phenoxy) is 2. The number of hydrogen-bond donors (Lipinski definition) is 0. The van der Waals surface area contributed by atoms with Crippen molar-refractivity contribution in [3.63, 3.8) is 0 Å². The van der Waals surface area contributed by atoms with Gasteiger partial charge in [0.25, 0.3) is 0 Å². The lowest BCUT2D eigenvalue weighted by atomic mass is 10.6. The molecular formula is C5H10O2S. The first kappa shape index (κ1) is 6.39. The van der Waals surface area contributed by atoms with Crippen LogP contribution < -0.4 is 0 Å². The second-order valence-electron chi connectivity index (χ2n) is 1.61. The van der Waals surface area contributed by atoms with Crippen LogP contribution in [0.2, 0.25) is 0 Å². The molecule has 1 fully saturated rings. The van der Waals surface area contributed by atoms with Gasteiger partial charge in [0, 0.05) is 0 Å². The molecule has 0 spiro atoms. The summed E-state index contributed by atoms with van der Waals surface area (Å²) in [6.45, 7) is 2.27. The maximum Gasteiger partial charge on any atom is 0.126 e. The zero-order valence-corrected chi connectivity index (χ0v) is 5.74. The summed E-state index contributed by atoms with van der Waals surface area (Å²) in [4.78, 5) is 0. The first-order valence-electron chi connectivity index (χ1n) is 2.65. The number of thioether (sulfide) groups is 1. The lowest BCUT2D eigenvalue weighted by Crippen LogP contribution is -2.25. The second kappa shape index (κ2) is 3.33. The maximum absolute atomic E-state index is 5.27. The van der Waals surface area contributed by atoms with Crippen LogP contribution in [0.5, 0.6) is 0 Å². The maximum atomic E-state index is 5.27. The van der Waals surface area contributed by atoms with Crippen molar-refractivity contribution < 1.29 is 9.47 Å². The third kappa shape index (κ3) is 1.65. The molecule has 1 atom stereocenters. The van der Waals surface area contributed by atoms with Crippen molar-refractivity contribution in [3.05, 3.63) is 0 Å². The van der Waals surface area contributed by atoms with Crippen molar-refractivity contribution >= 4 is 11.8 Å². The first-order chi connectivity index (χ1) is 3.93. The van der Waals surface area contributed by atoms with Gasteiger partial charge in [0.05, 0.1) is 19.8 Å². The Hall–Kier alpha value is 0.270. The highest BCUT2D eigenvalue weighted by Crippen LogP contribution is 2.11. The fourth-order valence-corrected chi connectivity index (χ4v) is 1.07. The monoisotopic (exact) mass is 134 g/mol. The highest BCUT2D eigenvalue weighted by atomic mass is 32.2. The summed E-state index contributed by atoms with van der Waals surface area (Å²) in [5.41, 5.74) is 0.281. The van der Waals surface area contributed by atoms with E-state index in [1.54, 1.807) is 11.8 Å². The summed E-state index contributed by atoms with van der Waals surface area (Å²) in [5.74, 6) is 0. The SMILES string of the molecule is CSC1COCCO1. The molecule has 0 aromatic carbocycles. The molecule has 0 N–H and O–H groups in total. The van der Waals surface area contributed by atoms with Gasteiger partial charge in [-0.2, -0.15) is 0 Å². The van der Waals surface area contributed by atoms with Crippen LogP contribution in [0.15, 0.2) is 0 Å². The van der Waals surface area contributed by atoms with Crippen LogP contribution in [-0.2, 0) is 9.47 Å². The lowest BCUT2D eigenvalue weighted by Gasteiger charge is -2.20. The second-order valence-corrected chi connectivity index (χ2v) is 2.61. The van der Waals surface area contributed by atoms with Gasteiger partial charge in [-0.05, 0) is 6.26 Å². The molecule has 1 aliphatic heterocycles. The van der Waals surface area contributed by atoms with Crippen LogP contribution >= 0.6 is 11.8 Å². The Morgan fingerprint density at radius 3 is 2.75 bits per heavy atom. The molecule has 0 amide bonds. The van der Waals surface area contributed by atoms with Gasteiger partial charge >= 0.3 is 0 Å². The summed E-state index contributed by atoms with van der Waals surface area (Å²) in [5, 5.41) is 0. The molecule has 0 saturated carbocycles. The van der Waals surface area contributed by atoms with E-state index in [4.69, 9.17) is 9.47 Å². The Morgan fingerprint density at radius 2 is 2.38 bits per heavy atom. The minimum absolute atomic E-state index is 0.281. The molecule has 3 heteroatoms. The minimum Gasteiger partial charge on any atom is -0.375 e. The molecule has 1 unspecified atom stereocenters. The Kier molecular flexibility index (Phi) is 2.66. The van der Waals surface area contributed by atoms with Gasteiger partial charge in [0.15, 0.2) is 0 Å². The molecule has 1 rings (SSSR count). The van der Waals surface area contributed by atoms with Crippen molar-refractivity contribution in [2.75, 3.05) is 26.1 Å². The van der Waals surface area contributed by atoms with Gasteiger partial charge in [0.2, 0.25) is 0 Å². The lowest BCUT2D eigenvalue weighted by molar-refractivity contribution is -0.0496. The average molecular weight is 134 g/mol. The standard InChI is InChI=1S/C5H10O2S/c1-8-5-4-6-2-3-7-5/h5H,2-4H2,1H3. The first-order valence-corrected chi connectivity index (χ1v) is 3.94. The summed E-state index contributed by atoms with van der Waals surface area (Å²) in [6, 6.07) is 0. The molecule has 48 valence electrons. The van der Waals surface area contributed by atoms with E-state index < -0.39 is 0 Å². The molecule has 0 aromatic heterocycles. The van der Waals surface area contributed by atoms with Crippen LogP contribution in [0, 0.1) is 0 Å². The van der Waals surface area contributed by atoms with Gasteiger partial charge in [-0.25, -0.2) is 0 Å². The molecule has 1 saturated heterocycles. The Labute approximate surface area is 53.5 Å². The van der Waals surface area contributed by atoms with Gasteiger partial charge < -0.3 is 9.47 Å². The molecule has 0 bridgehead atoms. The molecule has 2 nitrogen and oxygen atoms in total. The van der Waals surface area contributed by atoms with E-state index in [0.717, 1.165) is 19.8 Å². The topological polar surface area (TPSA) is 18.5 Å². The van der Waals surface area contributed by atoms with E-state index in [2.05, 4.69) is 0 Å². The minimum atomic E-state index is 0.281. The van der Waals surface area contributed by atoms with E-state index in [1.807, 2.05) is 6.26 Å². The van der Waals surface area contributed by atoms with Gasteiger partial charge in [-0.15, -0.1) is 11.8 Å². The Balaban J connectivity index is 2.13. The molecule has 0 aliphatic carbocycles. The van der Waals surface area contributed by atoms with Gasteiger partial charge in [0.1, 0.15) is 5.44 Å². The Bertz CT molecular complexity index is 61.4. The average Bonchev–Trinajstić information content (AvgIpc) is 1.90. The highest BCUT2D eigenvalue weighted by molar-refractivity contribution is 7.99. The predicted molar refractivity (Wildman–Crippen MR) is 34.1 cm³/mol. The van der Waals surface area contributed by atoms with E-state index in [1.165, 1.54) is 0 Å². The van der Waals surface area contributed by atoms with Gasteiger partial charge in [-0.3, -0.25) is 0 Å². The van der Waals surface area contributed by atoms with Crippen molar-refractivity contribution in [1.29, 1.82) is 0 Å². The van der Waals surface area contributed by atoms with Crippen molar-refractivity contribution in [2.45, 2.75) is 5.44 Å². The fraction of sp³-hybridized carbons (Fsp3) is 1.00. The normalized spacial score (nSPS) is 30.4. The highest BCUT2D eigenvalue weighted by Gasteiger charge is 2.10. The van der Waals surface area contributed by atoms with Crippen LogP contribution in [0.1, 0.15) is 0 Å². The van der Waals surface area contributed by atoms with E-state index in [0.29, 0.717) is 0 Å². The van der Waals surface area contributed by atoms with E-state index in [-0.39, 0.29) is 5.44 Å². The molecule has 1 heterocycles. The third-order valence-corrected chi connectivity index (χ3v) is 1.85. The van der Waals surface area contributed by atoms with Crippen LogP contribution in [-0.4, -0.2) is 31.5 Å². The van der Waals surface area contributed by atoms with Crippen molar-refractivity contribution in [2.24, 2.45) is 0 Å². The van der Waals surface area contributed by atoms with Crippen molar-refractivity contribution in [3.8, 4) is 0 Å². The molecule has 1 aliphatic rings. The van der Waals surface area contributed by atoms with Crippen LogP contribution in [0.4, 0.5) is 0 Å². The zero-order valence-electron chi connectivity index (χ0n) is 4.92. The molecule has 0 radical (unpaired) electrons. The largest absolute Gasteiger partial charge is 0.375 e. The van der Waals surface area contributed by atoms with Crippen LogP contribution in [0.25, 0.3) is 0 Å². The smallest absolute Gasteiger partial charge is 0.126 e. The summed E-state index contributed by atoms with van der Waals surface area (Å²) in [6.07, 6.45) is 2.03. The molecular weight excluding hydrogens is 124 g/mol. The number of hydrogen-bond acceptors (Lipinski definition) is 3. The van der Waals surface area contributed by atoms with Crippen molar-refractivity contribution in [1.82, 2.24) is 0 Å². The van der Waals surface area contributed by atoms with E-state index in [9.17, 15) is 0 Å².